The van der Waals surface area contributed by atoms with E-state index >= 15 is 0 Å². The first-order valence-corrected chi connectivity index (χ1v) is 11.1. The molecular formula is C21H26N6O2S. The second-order valence-electron chi connectivity index (χ2n) is 7.52. The third-order valence-electron chi connectivity index (χ3n) is 5.40. The van der Waals surface area contributed by atoms with Gasteiger partial charge in [0.1, 0.15) is 11.2 Å². The first-order valence-electron chi connectivity index (χ1n) is 10.2. The number of amides is 1. The fourth-order valence-electron chi connectivity index (χ4n) is 3.86. The van der Waals surface area contributed by atoms with E-state index in [0.717, 1.165) is 24.2 Å². The Morgan fingerprint density at radius 2 is 2.17 bits per heavy atom. The minimum absolute atomic E-state index is 0.00396. The van der Waals surface area contributed by atoms with Crippen LogP contribution < -0.4 is 15.5 Å². The molecule has 8 nitrogen and oxygen atoms in total. The lowest BCUT2D eigenvalue weighted by molar-refractivity contribution is -0.119. The van der Waals surface area contributed by atoms with Gasteiger partial charge >= 0.3 is 0 Å². The second-order valence-corrected chi connectivity index (χ2v) is 8.46. The molecule has 4 rings (SSSR count). The van der Waals surface area contributed by atoms with E-state index < -0.39 is 0 Å². The highest BCUT2D eigenvalue weighted by molar-refractivity contribution is 7.99. The van der Waals surface area contributed by atoms with Crippen LogP contribution in [0.3, 0.4) is 0 Å². The first kappa shape index (κ1) is 20.5. The zero-order chi connectivity index (χ0) is 21.1. The molecule has 3 N–H and O–H groups in total. The predicted octanol–water partition coefficient (Wildman–Crippen LogP) is 3.09. The smallest absolute Gasteiger partial charge is 0.230 e. The van der Waals surface area contributed by atoms with Gasteiger partial charge in [-0.3, -0.25) is 19.9 Å². The van der Waals surface area contributed by atoms with Crippen molar-refractivity contribution < 1.29 is 9.53 Å². The Morgan fingerprint density at radius 3 is 2.93 bits per heavy atom. The summed E-state index contributed by atoms with van der Waals surface area (Å²) in [5, 5.41) is 20.3. The molecule has 0 unspecified atom stereocenters. The summed E-state index contributed by atoms with van der Waals surface area (Å²) < 4.78 is 7.09. The van der Waals surface area contributed by atoms with E-state index in [0.29, 0.717) is 21.9 Å². The topological polar surface area (TPSA) is 109 Å². The van der Waals surface area contributed by atoms with Gasteiger partial charge in [-0.05, 0) is 31.9 Å². The monoisotopic (exact) mass is 426 g/mol. The van der Waals surface area contributed by atoms with Gasteiger partial charge in [-0.1, -0.05) is 37.1 Å². The Labute approximate surface area is 178 Å². The van der Waals surface area contributed by atoms with Crippen LogP contribution in [0.2, 0.25) is 0 Å². The summed E-state index contributed by atoms with van der Waals surface area (Å²) in [7, 11) is 1.61. The van der Waals surface area contributed by atoms with E-state index in [1.54, 1.807) is 11.7 Å². The number of thioether (sulfide) groups is 1. The highest BCUT2D eigenvalue weighted by Crippen LogP contribution is 2.24. The average Bonchev–Trinajstić information content (AvgIpc) is 3.14. The number of H-pyrrole nitrogens is 1. The standard InChI is InChI=1S/C21H26N6O2S/c1-13-18-19(22)27(15-9-6-10-16(11-15)29-2)21(24-20(18)26-25-13)30-12-17(28)23-14-7-4-3-5-8-14/h6,9-11,14,22H,3-5,7-8,12H2,1-2H3,(H,23,28)(H,25,26). The minimum atomic E-state index is -0.00396. The van der Waals surface area contributed by atoms with Crippen LogP contribution in [0.25, 0.3) is 16.7 Å². The number of nitrogens with zero attached hydrogens (tertiary/aromatic N) is 3. The molecule has 2 aromatic heterocycles. The van der Waals surface area contributed by atoms with Crippen LogP contribution in [-0.4, -0.2) is 44.6 Å². The summed E-state index contributed by atoms with van der Waals surface area (Å²) in [4.78, 5) is 17.2. The van der Waals surface area contributed by atoms with Crippen LogP contribution in [0.5, 0.6) is 5.75 Å². The maximum Gasteiger partial charge on any atom is 0.230 e. The van der Waals surface area contributed by atoms with Crippen LogP contribution in [0.1, 0.15) is 37.8 Å². The van der Waals surface area contributed by atoms with Gasteiger partial charge in [0.15, 0.2) is 10.8 Å². The third-order valence-corrected chi connectivity index (χ3v) is 6.33. The van der Waals surface area contributed by atoms with E-state index in [1.807, 2.05) is 31.2 Å². The van der Waals surface area contributed by atoms with Gasteiger partial charge in [0.05, 0.1) is 23.9 Å². The maximum atomic E-state index is 12.5. The Morgan fingerprint density at radius 1 is 1.37 bits per heavy atom. The largest absolute Gasteiger partial charge is 0.497 e. The summed E-state index contributed by atoms with van der Waals surface area (Å²) in [5.74, 6) is 0.923. The molecule has 0 atom stereocenters. The Kier molecular flexibility index (Phi) is 6.08. The maximum absolute atomic E-state index is 12.5. The van der Waals surface area contributed by atoms with Gasteiger partial charge in [0.2, 0.25) is 5.91 Å². The van der Waals surface area contributed by atoms with Crippen molar-refractivity contribution in [3.05, 3.63) is 35.4 Å². The molecule has 0 aliphatic heterocycles. The molecule has 1 fully saturated rings. The molecule has 30 heavy (non-hydrogen) atoms. The van der Waals surface area contributed by atoms with E-state index in [2.05, 4.69) is 20.5 Å². The number of methoxy groups -OCH3 is 1. The van der Waals surface area contributed by atoms with E-state index in [4.69, 9.17) is 10.1 Å². The number of hydrogen-bond donors (Lipinski definition) is 3. The summed E-state index contributed by atoms with van der Waals surface area (Å²) >= 11 is 1.32. The van der Waals surface area contributed by atoms with Crippen molar-refractivity contribution in [2.24, 2.45) is 0 Å². The van der Waals surface area contributed by atoms with Crippen molar-refractivity contribution in [3.63, 3.8) is 0 Å². The van der Waals surface area contributed by atoms with Crippen molar-refractivity contribution >= 4 is 28.7 Å². The number of hydrogen-bond acceptors (Lipinski definition) is 6. The molecule has 0 saturated heterocycles. The highest BCUT2D eigenvalue weighted by Gasteiger charge is 2.19. The van der Waals surface area contributed by atoms with Gasteiger partial charge in [0.25, 0.3) is 0 Å². The fourth-order valence-corrected chi connectivity index (χ4v) is 4.68. The van der Waals surface area contributed by atoms with Crippen LogP contribution in [-0.2, 0) is 4.79 Å². The number of nitrogens with one attached hydrogen (secondary N) is 3. The summed E-state index contributed by atoms with van der Waals surface area (Å²) in [6, 6.07) is 7.75. The molecule has 1 aliphatic carbocycles. The molecule has 1 aliphatic rings. The summed E-state index contributed by atoms with van der Waals surface area (Å²) in [6.45, 7) is 1.87. The molecule has 2 heterocycles. The Bertz CT molecular complexity index is 1120. The summed E-state index contributed by atoms with van der Waals surface area (Å²) in [6.07, 6.45) is 5.70. The molecule has 1 amide bonds. The van der Waals surface area contributed by atoms with Crippen molar-refractivity contribution in [1.82, 2.24) is 25.1 Å². The molecule has 3 aromatic rings. The van der Waals surface area contributed by atoms with Crippen LogP contribution in [0.15, 0.2) is 29.4 Å². The molecule has 0 spiro atoms. The molecule has 9 heteroatoms. The lowest BCUT2D eigenvalue weighted by Gasteiger charge is -2.22. The predicted molar refractivity (Wildman–Crippen MR) is 116 cm³/mol. The number of aryl methyl sites for hydroxylation is 1. The number of benzene rings is 1. The number of fused-ring (bicyclic) bond motifs is 1. The number of ether oxygens (including phenoxy) is 1. The van der Waals surface area contributed by atoms with Crippen molar-refractivity contribution in [2.45, 2.75) is 50.2 Å². The zero-order valence-corrected chi connectivity index (χ0v) is 18.0. The molecule has 0 bridgehead atoms. The van der Waals surface area contributed by atoms with Crippen LogP contribution in [0.4, 0.5) is 0 Å². The van der Waals surface area contributed by atoms with Gasteiger partial charge in [-0.15, -0.1) is 0 Å². The van der Waals surface area contributed by atoms with Crippen molar-refractivity contribution in [2.75, 3.05) is 12.9 Å². The number of carbonyl (C=O) groups is 1. The lowest BCUT2D eigenvalue weighted by Crippen LogP contribution is -2.37. The number of aromatic amines is 1. The van der Waals surface area contributed by atoms with Crippen LogP contribution in [0, 0.1) is 12.3 Å². The van der Waals surface area contributed by atoms with Gasteiger partial charge in [-0.25, -0.2) is 4.98 Å². The number of rotatable bonds is 6. The molecule has 1 saturated carbocycles. The van der Waals surface area contributed by atoms with Gasteiger partial charge < -0.3 is 10.1 Å². The molecular weight excluding hydrogens is 400 g/mol. The molecule has 158 valence electrons. The fraction of sp³-hybridized carbons (Fsp3) is 0.429. The number of carbonyl (C=O) groups excluding carboxylic acids is 1. The first-order chi connectivity index (χ1) is 14.6. The average molecular weight is 427 g/mol. The van der Waals surface area contributed by atoms with Gasteiger partial charge in [0, 0.05) is 17.8 Å². The lowest BCUT2D eigenvalue weighted by atomic mass is 9.95. The third kappa shape index (κ3) is 4.21. The normalized spacial score (nSPS) is 14.7. The molecule has 0 radical (unpaired) electrons. The second kappa shape index (κ2) is 8.91. The Hall–Kier alpha value is -2.81. The van der Waals surface area contributed by atoms with E-state index in [1.165, 1.54) is 31.0 Å². The van der Waals surface area contributed by atoms with Crippen molar-refractivity contribution in [3.8, 4) is 11.4 Å². The number of aromatic nitrogens is 4. The van der Waals surface area contributed by atoms with E-state index in [9.17, 15) is 4.79 Å². The van der Waals surface area contributed by atoms with E-state index in [-0.39, 0.29) is 23.2 Å². The highest BCUT2D eigenvalue weighted by atomic mass is 32.2. The summed E-state index contributed by atoms with van der Waals surface area (Å²) in [5.41, 5.74) is 2.29. The molecule has 1 aromatic carbocycles. The zero-order valence-electron chi connectivity index (χ0n) is 17.2. The quantitative estimate of drug-likeness (QED) is 0.415. The van der Waals surface area contributed by atoms with Crippen molar-refractivity contribution in [1.29, 1.82) is 5.41 Å². The minimum Gasteiger partial charge on any atom is -0.497 e. The SMILES string of the molecule is COc1cccc(-n2c(SCC(=O)NC3CCCCC3)nc3n[nH]c(C)c3c2=N)c1. The van der Waals surface area contributed by atoms with Crippen LogP contribution >= 0.6 is 11.8 Å². The Balaban J connectivity index is 1.65. The van der Waals surface area contributed by atoms with Gasteiger partial charge in [-0.2, -0.15) is 5.10 Å².